The van der Waals surface area contributed by atoms with Crippen LogP contribution < -0.4 is 9.47 Å². The van der Waals surface area contributed by atoms with Crippen LogP contribution in [0.1, 0.15) is 44.7 Å². The first-order valence-corrected chi connectivity index (χ1v) is 8.66. The van der Waals surface area contributed by atoms with Crippen molar-refractivity contribution in [3.8, 4) is 11.5 Å². The number of nitrogens with zero attached hydrogens (tertiary/aromatic N) is 1. The van der Waals surface area contributed by atoms with Crippen molar-refractivity contribution in [3.05, 3.63) is 23.3 Å². The Morgan fingerprint density at radius 2 is 1.96 bits per heavy atom. The third-order valence-corrected chi connectivity index (χ3v) is 3.87. The van der Waals surface area contributed by atoms with Gasteiger partial charge in [-0.2, -0.15) is 0 Å². The van der Waals surface area contributed by atoms with Crippen molar-refractivity contribution in [2.24, 2.45) is 0 Å². The van der Waals surface area contributed by atoms with Gasteiger partial charge in [0.15, 0.2) is 0 Å². The topological polar surface area (TPSA) is 38.8 Å². The van der Waals surface area contributed by atoms with E-state index in [1.54, 1.807) is 0 Å². The van der Waals surface area contributed by atoms with Gasteiger partial charge >= 0.3 is 5.97 Å². The molecule has 0 unspecified atom stereocenters. The number of ether oxygens (including phenoxy) is 2. The summed E-state index contributed by atoms with van der Waals surface area (Å²) in [7, 11) is 0. The molecule has 0 N–H and O–H groups in total. The van der Waals surface area contributed by atoms with E-state index in [2.05, 4.69) is 25.7 Å². The molecule has 130 valence electrons. The molecule has 0 aliphatic heterocycles. The number of likely N-dealkylation sites (N-methyl/N-ethyl adjacent to an activating group) is 1. The number of carbonyl (C=O) groups excluding carboxylic acids is 1. The van der Waals surface area contributed by atoms with Crippen LogP contribution in [-0.4, -0.2) is 43.0 Å². The van der Waals surface area contributed by atoms with Crippen molar-refractivity contribution in [1.82, 2.24) is 4.90 Å². The molecule has 5 heteroatoms. The van der Waals surface area contributed by atoms with E-state index in [9.17, 15) is 4.79 Å². The molecule has 0 fully saturated rings. The van der Waals surface area contributed by atoms with Gasteiger partial charge in [0.1, 0.15) is 18.1 Å². The smallest absolute Gasteiger partial charge is 0.308 e. The second kappa shape index (κ2) is 9.78. The van der Waals surface area contributed by atoms with Crippen molar-refractivity contribution in [2.45, 2.75) is 40.5 Å². The maximum Gasteiger partial charge on any atom is 0.308 e. The standard InChI is InChI=1S/C18H28ClNO3/c1-6-20(8-7-19)9-10-22-18-11-14(4)17(23-15(5)21)12-16(18)13(2)3/h11-13H,6-10H2,1-5H3. The van der Waals surface area contributed by atoms with Crippen molar-refractivity contribution in [1.29, 1.82) is 0 Å². The summed E-state index contributed by atoms with van der Waals surface area (Å²) < 4.78 is 11.3. The van der Waals surface area contributed by atoms with Gasteiger partial charge in [-0.05, 0) is 37.1 Å². The molecule has 0 saturated heterocycles. The molecule has 1 rings (SSSR count). The molecule has 1 aromatic rings. The number of hydrogen-bond acceptors (Lipinski definition) is 4. The average Bonchev–Trinajstić information content (AvgIpc) is 2.48. The first-order valence-electron chi connectivity index (χ1n) is 8.13. The third-order valence-electron chi connectivity index (χ3n) is 3.70. The third kappa shape index (κ3) is 6.40. The zero-order chi connectivity index (χ0) is 17.4. The van der Waals surface area contributed by atoms with Gasteiger partial charge in [-0.15, -0.1) is 11.6 Å². The minimum atomic E-state index is -0.309. The lowest BCUT2D eigenvalue weighted by molar-refractivity contribution is -0.131. The molecule has 4 nitrogen and oxygen atoms in total. The Morgan fingerprint density at radius 3 is 2.48 bits per heavy atom. The highest BCUT2D eigenvalue weighted by atomic mass is 35.5. The maximum atomic E-state index is 11.2. The number of aryl methyl sites for hydroxylation is 1. The fourth-order valence-electron chi connectivity index (χ4n) is 2.35. The Kier molecular flexibility index (Phi) is 8.42. The molecule has 0 heterocycles. The minimum Gasteiger partial charge on any atom is -0.492 e. The van der Waals surface area contributed by atoms with E-state index in [0.717, 1.165) is 36.5 Å². The molecular weight excluding hydrogens is 314 g/mol. The summed E-state index contributed by atoms with van der Waals surface area (Å²) in [6, 6.07) is 3.86. The van der Waals surface area contributed by atoms with E-state index in [0.29, 0.717) is 18.2 Å². The number of alkyl halides is 1. The molecule has 0 bridgehead atoms. The van der Waals surface area contributed by atoms with E-state index in [1.807, 2.05) is 19.1 Å². The molecule has 23 heavy (non-hydrogen) atoms. The lowest BCUT2D eigenvalue weighted by Crippen LogP contribution is -2.30. The Balaban J connectivity index is 2.84. The summed E-state index contributed by atoms with van der Waals surface area (Å²) in [6.07, 6.45) is 0. The monoisotopic (exact) mass is 341 g/mol. The van der Waals surface area contributed by atoms with Gasteiger partial charge in [-0.3, -0.25) is 9.69 Å². The van der Waals surface area contributed by atoms with Crippen molar-refractivity contribution in [3.63, 3.8) is 0 Å². The first kappa shape index (κ1) is 19.8. The fraction of sp³-hybridized carbons (Fsp3) is 0.611. The number of carbonyl (C=O) groups is 1. The van der Waals surface area contributed by atoms with E-state index in [4.69, 9.17) is 21.1 Å². The molecule has 0 aliphatic rings. The highest BCUT2D eigenvalue weighted by Gasteiger charge is 2.14. The Hall–Kier alpha value is -1.26. The van der Waals surface area contributed by atoms with E-state index in [-0.39, 0.29) is 11.9 Å². The predicted molar refractivity (Wildman–Crippen MR) is 94.9 cm³/mol. The van der Waals surface area contributed by atoms with Crippen molar-refractivity contribution >= 4 is 17.6 Å². The summed E-state index contributed by atoms with van der Waals surface area (Å²) in [5.41, 5.74) is 1.94. The van der Waals surface area contributed by atoms with Crippen LogP contribution >= 0.6 is 11.6 Å². The van der Waals surface area contributed by atoms with Gasteiger partial charge in [-0.1, -0.05) is 20.8 Å². The second-order valence-corrected chi connectivity index (χ2v) is 6.25. The lowest BCUT2D eigenvalue weighted by Gasteiger charge is -2.21. The quantitative estimate of drug-likeness (QED) is 0.387. The SMILES string of the molecule is CCN(CCCl)CCOc1cc(C)c(OC(C)=O)cc1C(C)C. The van der Waals surface area contributed by atoms with Crippen LogP contribution in [-0.2, 0) is 4.79 Å². The highest BCUT2D eigenvalue weighted by molar-refractivity contribution is 6.18. The largest absolute Gasteiger partial charge is 0.492 e. The van der Waals surface area contributed by atoms with Crippen LogP contribution in [0.15, 0.2) is 12.1 Å². The normalized spacial score (nSPS) is 11.1. The molecule has 0 aliphatic carbocycles. The van der Waals surface area contributed by atoms with Crippen LogP contribution in [0.2, 0.25) is 0 Å². The van der Waals surface area contributed by atoms with Gasteiger partial charge in [-0.25, -0.2) is 0 Å². The van der Waals surface area contributed by atoms with Gasteiger partial charge in [0.05, 0.1) is 0 Å². The highest BCUT2D eigenvalue weighted by Crippen LogP contribution is 2.33. The summed E-state index contributed by atoms with van der Waals surface area (Å²) in [5, 5.41) is 0. The summed E-state index contributed by atoms with van der Waals surface area (Å²) in [5.74, 6) is 2.06. The fourth-order valence-corrected chi connectivity index (χ4v) is 2.59. The zero-order valence-electron chi connectivity index (χ0n) is 14.8. The average molecular weight is 342 g/mol. The number of esters is 1. The summed E-state index contributed by atoms with van der Waals surface area (Å²) in [4.78, 5) is 13.5. The minimum absolute atomic E-state index is 0.282. The lowest BCUT2D eigenvalue weighted by atomic mass is 10.00. The van der Waals surface area contributed by atoms with Crippen LogP contribution in [0.3, 0.4) is 0 Å². The molecule has 0 saturated carbocycles. The van der Waals surface area contributed by atoms with Gasteiger partial charge in [0.2, 0.25) is 0 Å². The summed E-state index contributed by atoms with van der Waals surface area (Å²) in [6.45, 7) is 12.9. The molecule has 0 amide bonds. The van der Waals surface area contributed by atoms with E-state index in [1.165, 1.54) is 6.92 Å². The van der Waals surface area contributed by atoms with Gasteiger partial charge in [0.25, 0.3) is 0 Å². The number of rotatable bonds is 9. The first-order chi connectivity index (χ1) is 10.9. The van der Waals surface area contributed by atoms with E-state index >= 15 is 0 Å². The zero-order valence-corrected chi connectivity index (χ0v) is 15.6. The Bertz CT molecular complexity index is 517. The number of hydrogen-bond donors (Lipinski definition) is 0. The molecular formula is C18H28ClNO3. The molecule has 0 aromatic heterocycles. The van der Waals surface area contributed by atoms with Crippen LogP contribution in [0.4, 0.5) is 0 Å². The number of benzene rings is 1. The van der Waals surface area contributed by atoms with E-state index < -0.39 is 0 Å². The molecule has 0 atom stereocenters. The van der Waals surface area contributed by atoms with Gasteiger partial charge in [0, 0.05) is 31.5 Å². The van der Waals surface area contributed by atoms with Gasteiger partial charge < -0.3 is 9.47 Å². The van der Waals surface area contributed by atoms with Crippen LogP contribution in [0.5, 0.6) is 11.5 Å². The predicted octanol–water partition coefficient (Wildman–Crippen LogP) is 3.98. The molecule has 0 radical (unpaired) electrons. The van der Waals surface area contributed by atoms with Crippen LogP contribution in [0, 0.1) is 6.92 Å². The Morgan fingerprint density at radius 1 is 1.26 bits per heavy atom. The second-order valence-electron chi connectivity index (χ2n) is 5.88. The molecule has 0 spiro atoms. The molecule has 1 aromatic carbocycles. The Labute approximate surface area is 144 Å². The van der Waals surface area contributed by atoms with Crippen molar-refractivity contribution in [2.75, 3.05) is 32.1 Å². The van der Waals surface area contributed by atoms with Crippen molar-refractivity contribution < 1.29 is 14.3 Å². The van der Waals surface area contributed by atoms with Crippen LogP contribution in [0.25, 0.3) is 0 Å². The number of halogens is 1. The maximum absolute atomic E-state index is 11.2. The summed E-state index contributed by atoms with van der Waals surface area (Å²) >= 11 is 5.79.